The van der Waals surface area contributed by atoms with Crippen LogP contribution in [0.4, 0.5) is 5.69 Å². The number of anilines is 1. The Hall–Kier alpha value is -1.35. The maximum Gasteiger partial charge on any atom is 0.227 e. The summed E-state index contributed by atoms with van der Waals surface area (Å²) in [5.41, 5.74) is 2.04. The van der Waals surface area contributed by atoms with Crippen LogP contribution in [0.25, 0.3) is 0 Å². The van der Waals surface area contributed by atoms with E-state index in [2.05, 4.69) is 12.2 Å². The Balaban J connectivity index is 1.90. The fourth-order valence-electron chi connectivity index (χ4n) is 2.85. The molecule has 3 nitrogen and oxygen atoms in total. The first-order valence-electron chi connectivity index (χ1n) is 7.69. The molecular formula is C17H25NO2. The molecule has 1 fully saturated rings. The van der Waals surface area contributed by atoms with Crippen molar-refractivity contribution >= 4 is 11.6 Å². The van der Waals surface area contributed by atoms with Crippen molar-refractivity contribution in [2.75, 3.05) is 11.9 Å². The van der Waals surface area contributed by atoms with Crippen LogP contribution in [-0.2, 0) is 11.2 Å². The highest BCUT2D eigenvalue weighted by Gasteiger charge is 2.24. The smallest absolute Gasteiger partial charge is 0.227 e. The van der Waals surface area contributed by atoms with Crippen LogP contribution in [0.1, 0.15) is 44.6 Å². The minimum Gasteiger partial charge on any atom is -0.396 e. The van der Waals surface area contributed by atoms with E-state index in [1.807, 2.05) is 24.3 Å². The number of carbonyl (C=O) groups excluding carboxylic acids is 1. The van der Waals surface area contributed by atoms with Crippen LogP contribution >= 0.6 is 0 Å². The summed E-state index contributed by atoms with van der Waals surface area (Å²) in [4.78, 5) is 12.2. The van der Waals surface area contributed by atoms with Gasteiger partial charge in [-0.25, -0.2) is 0 Å². The van der Waals surface area contributed by atoms with E-state index in [9.17, 15) is 4.79 Å². The van der Waals surface area contributed by atoms with Gasteiger partial charge in [-0.2, -0.15) is 0 Å². The third-order valence-electron chi connectivity index (χ3n) is 4.20. The summed E-state index contributed by atoms with van der Waals surface area (Å²) in [6.07, 6.45) is 5.96. The standard InChI is InChI=1S/C17H25NO2/c1-13-7-9-15(10-8-13)17(20)18-16-6-2-4-14(12-16)5-3-11-19/h2,4,6,12-13,15,19H,3,5,7-11H2,1H3,(H,18,20). The summed E-state index contributed by atoms with van der Waals surface area (Å²) in [5.74, 6) is 1.10. The molecule has 1 aromatic rings. The zero-order chi connectivity index (χ0) is 14.4. The lowest BCUT2D eigenvalue weighted by molar-refractivity contribution is -0.121. The molecule has 1 amide bonds. The number of aliphatic hydroxyl groups excluding tert-OH is 1. The normalized spacial score (nSPS) is 22.5. The van der Waals surface area contributed by atoms with Gasteiger partial charge >= 0.3 is 0 Å². The van der Waals surface area contributed by atoms with Crippen molar-refractivity contribution in [3.8, 4) is 0 Å². The third-order valence-corrected chi connectivity index (χ3v) is 4.20. The molecule has 0 heterocycles. The quantitative estimate of drug-likeness (QED) is 0.865. The van der Waals surface area contributed by atoms with Crippen LogP contribution in [0, 0.1) is 11.8 Å². The van der Waals surface area contributed by atoms with Crippen LogP contribution in [0.15, 0.2) is 24.3 Å². The molecule has 0 spiro atoms. The molecule has 1 aliphatic carbocycles. The topological polar surface area (TPSA) is 49.3 Å². The van der Waals surface area contributed by atoms with E-state index in [4.69, 9.17) is 5.11 Å². The van der Waals surface area contributed by atoms with Gasteiger partial charge in [-0.15, -0.1) is 0 Å². The Labute approximate surface area is 121 Å². The summed E-state index contributed by atoms with van der Waals surface area (Å²) in [5, 5.41) is 11.9. The monoisotopic (exact) mass is 275 g/mol. The zero-order valence-corrected chi connectivity index (χ0v) is 12.3. The second kappa shape index (κ2) is 7.44. The average molecular weight is 275 g/mol. The predicted octanol–water partition coefficient (Wildman–Crippen LogP) is 3.38. The number of benzene rings is 1. The minimum absolute atomic E-state index is 0.163. The van der Waals surface area contributed by atoms with Crippen molar-refractivity contribution in [3.05, 3.63) is 29.8 Å². The molecule has 20 heavy (non-hydrogen) atoms. The minimum atomic E-state index is 0.163. The Morgan fingerprint density at radius 2 is 2.05 bits per heavy atom. The Morgan fingerprint density at radius 1 is 1.30 bits per heavy atom. The fraction of sp³-hybridized carbons (Fsp3) is 0.588. The Morgan fingerprint density at radius 3 is 2.75 bits per heavy atom. The van der Waals surface area contributed by atoms with Gasteiger partial charge < -0.3 is 10.4 Å². The molecule has 0 aromatic heterocycles. The molecule has 1 saturated carbocycles. The van der Waals surface area contributed by atoms with Gasteiger partial charge in [0.05, 0.1) is 0 Å². The van der Waals surface area contributed by atoms with Gasteiger partial charge in [0, 0.05) is 18.2 Å². The molecule has 0 unspecified atom stereocenters. The summed E-state index contributed by atoms with van der Waals surface area (Å²) in [7, 11) is 0. The first-order chi connectivity index (χ1) is 9.69. The van der Waals surface area contributed by atoms with Gasteiger partial charge in [0.15, 0.2) is 0 Å². The van der Waals surface area contributed by atoms with E-state index < -0.39 is 0 Å². The largest absolute Gasteiger partial charge is 0.396 e. The number of hydrogen-bond donors (Lipinski definition) is 2. The number of amides is 1. The van der Waals surface area contributed by atoms with Gasteiger partial charge in [0.2, 0.25) is 5.91 Å². The van der Waals surface area contributed by atoms with E-state index in [-0.39, 0.29) is 18.4 Å². The van der Waals surface area contributed by atoms with Crippen molar-refractivity contribution in [2.24, 2.45) is 11.8 Å². The molecule has 0 radical (unpaired) electrons. The maximum absolute atomic E-state index is 12.2. The summed E-state index contributed by atoms with van der Waals surface area (Å²) in [6.45, 7) is 2.47. The molecular weight excluding hydrogens is 250 g/mol. The number of rotatable bonds is 5. The molecule has 0 saturated heterocycles. The lowest BCUT2D eigenvalue weighted by atomic mass is 9.82. The molecule has 110 valence electrons. The number of hydrogen-bond acceptors (Lipinski definition) is 2. The number of carbonyl (C=O) groups is 1. The number of aryl methyl sites for hydroxylation is 1. The van der Waals surface area contributed by atoms with Gasteiger partial charge in [-0.3, -0.25) is 4.79 Å². The molecule has 0 aliphatic heterocycles. The highest BCUT2D eigenvalue weighted by Crippen LogP contribution is 2.29. The average Bonchev–Trinajstić information content (AvgIpc) is 2.46. The highest BCUT2D eigenvalue weighted by molar-refractivity contribution is 5.92. The lowest BCUT2D eigenvalue weighted by Gasteiger charge is -2.25. The zero-order valence-electron chi connectivity index (χ0n) is 12.3. The predicted molar refractivity (Wildman–Crippen MR) is 81.6 cm³/mol. The molecule has 2 rings (SSSR count). The van der Waals surface area contributed by atoms with Crippen LogP contribution in [0.5, 0.6) is 0 Å². The SMILES string of the molecule is CC1CCC(C(=O)Nc2cccc(CCCO)c2)CC1. The van der Waals surface area contributed by atoms with Crippen molar-refractivity contribution in [1.29, 1.82) is 0 Å². The molecule has 3 heteroatoms. The van der Waals surface area contributed by atoms with Crippen LogP contribution in [0.2, 0.25) is 0 Å². The second-order valence-corrected chi connectivity index (χ2v) is 5.97. The van der Waals surface area contributed by atoms with Crippen molar-refractivity contribution in [3.63, 3.8) is 0 Å². The molecule has 1 aromatic carbocycles. The van der Waals surface area contributed by atoms with Crippen LogP contribution in [-0.4, -0.2) is 17.6 Å². The molecule has 2 N–H and O–H groups in total. The van der Waals surface area contributed by atoms with Gasteiger partial charge in [0.1, 0.15) is 0 Å². The van der Waals surface area contributed by atoms with Crippen molar-refractivity contribution in [1.82, 2.24) is 0 Å². The fourth-order valence-corrected chi connectivity index (χ4v) is 2.85. The molecule has 0 bridgehead atoms. The van der Waals surface area contributed by atoms with E-state index >= 15 is 0 Å². The lowest BCUT2D eigenvalue weighted by Crippen LogP contribution is -2.26. The third kappa shape index (κ3) is 4.34. The number of nitrogens with one attached hydrogen (secondary N) is 1. The highest BCUT2D eigenvalue weighted by atomic mass is 16.2. The second-order valence-electron chi connectivity index (χ2n) is 5.97. The van der Waals surface area contributed by atoms with E-state index in [1.54, 1.807) is 0 Å². The Bertz CT molecular complexity index is 436. The summed E-state index contributed by atoms with van der Waals surface area (Å²) in [6, 6.07) is 7.95. The summed E-state index contributed by atoms with van der Waals surface area (Å²) >= 11 is 0. The van der Waals surface area contributed by atoms with Gasteiger partial charge in [0.25, 0.3) is 0 Å². The molecule has 1 aliphatic rings. The number of aliphatic hydroxyl groups is 1. The first-order valence-corrected chi connectivity index (χ1v) is 7.69. The van der Waals surface area contributed by atoms with Crippen molar-refractivity contribution < 1.29 is 9.90 Å². The van der Waals surface area contributed by atoms with Gasteiger partial charge in [-0.1, -0.05) is 19.1 Å². The van der Waals surface area contributed by atoms with Crippen LogP contribution < -0.4 is 5.32 Å². The van der Waals surface area contributed by atoms with E-state index in [0.717, 1.165) is 55.7 Å². The maximum atomic E-state index is 12.2. The van der Waals surface area contributed by atoms with E-state index in [1.165, 1.54) is 0 Å². The van der Waals surface area contributed by atoms with Crippen molar-refractivity contribution in [2.45, 2.75) is 45.4 Å². The van der Waals surface area contributed by atoms with E-state index in [0.29, 0.717) is 0 Å². The first kappa shape index (κ1) is 15.0. The van der Waals surface area contributed by atoms with Gasteiger partial charge in [-0.05, 0) is 62.1 Å². The summed E-state index contributed by atoms with van der Waals surface area (Å²) < 4.78 is 0. The Kier molecular flexibility index (Phi) is 5.60. The molecule has 0 atom stereocenters. The van der Waals surface area contributed by atoms with Crippen LogP contribution in [0.3, 0.4) is 0 Å².